The van der Waals surface area contributed by atoms with E-state index >= 15 is 0 Å². The van der Waals surface area contributed by atoms with Gasteiger partial charge in [-0.2, -0.15) is 0 Å². The van der Waals surface area contributed by atoms with Gasteiger partial charge in [0.1, 0.15) is 5.75 Å². The Hall–Kier alpha value is -1.89. The number of halogens is 1. The second-order valence-electron chi connectivity index (χ2n) is 4.31. The number of ether oxygens (including phenoxy) is 1. The third-order valence-corrected chi connectivity index (χ3v) is 4.58. The maximum Gasteiger partial charge on any atom is 0.264 e. The van der Waals surface area contributed by atoms with Gasteiger partial charge < -0.3 is 4.74 Å². The van der Waals surface area contributed by atoms with E-state index in [1.165, 1.54) is 11.3 Å². The summed E-state index contributed by atoms with van der Waals surface area (Å²) in [5.74, 6) is 0.299. The zero-order chi connectivity index (χ0) is 15.4. The fourth-order valence-corrected chi connectivity index (χ4v) is 3.40. The van der Waals surface area contributed by atoms with Gasteiger partial charge in [0.2, 0.25) is 0 Å². The molecule has 112 valence electrons. The van der Waals surface area contributed by atoms with Gasteiger partial charge in [-0.3, -0.25) is 10.1 Å². The second-order valence-corrected chi connectivity index (χ2v) is 6.55. The molecule has 0 radical (unpaired) electrons. The van der Waals surface area contributed by atoms with Gasteiger partial charge in [-0.1, -0.05) is 23.7 Å². The van der Waals surface area contributed by atoms with E-state index in [1.54, 1.807) is 35.6 Å². The monoisotopic (exact) mass is 350 g/mol. The number of anilines is 1. The predicted octanol–water partition coefficient (Wildman–Crippen LogP) is 4.54. The van der Waals surface area contributed by atoms with Crippen molar-refractivity contribution in [2.24, 2.45) is 0 Å². The first-order valence-corrected chi connectivity index (χ1v) is 8.52. The lowest BCUT2D eigenvalue weighted by molar-refractivity contribution is -0.118. The number of rotatable bonds is 5. The highest BCUT2D eigenvalue weighted by Gasteiger charge is 2.09. The van der Waals surface area contributed by atoms with Crippen molar-refractivity contribution in [3.8, 4) is 16.3 Å². The van der Waals surface area contributed by atoms with E-state index in [0.717, 1.165) is 10.6 Å². The Kier molecular flexibility index (Phi) is 4.72. The van der Waals surface area contributed by atoms with Crippen LogP contribution in [0, 0.1) is 0 Å². The molecule has 0 aliphatic heterocycles. The summed E-state index contributed by atoms with van der Waals surface area (Å²) in [7, 11) is 0. The molecule has 0 atom stereocenters. The molecule has 0 fully saturated rings. The minimum Gasteiger partial charge on any atom is -0.484 e. The molecule has 0 saturated heterocycles. The van der Waals surface area contributed by atoms with Crippen LogP contribution in [0.5, 0.6) is 5.75 Å². The van der Waals surface area contributed by atoms with Crippen LogP contribution in [-0.4, -0.2) is 17.5 Å². The van der Waals surface area contributed by atoms with Crippen molar-refractivity contribution >= 4 is 45.3 Å². The maximum absolute atomic E-state index is 11.9. The molecule has 3 rings (SSSR count). The standard InChI is InChI=1S/C15H11ClN2O2S2/c16-10-3-1-4-11(7-10)20-8-14(19)18-15-17-12(9-22-15)13-5-2-6-21-13/h1-7,9H,8H2,(H,17,18,19). The molecule has 0 spiro atoms. The topological polar surface area (TPSA) is 51.2 Å². The van der Waals surface area contributed by atoms with Gasteiger partial charge in [0, 0.05) is 10.4 Å². The summed E-state index contributed by atoms with van der Waals surface area (Å²) in [5, 5.41) is 7.76. The first-order valence-electron chi connectivity index (χ1n) is 6.38. The van der Waals surface area contributed by atoms with Crippen molar-refractivity contribution in [2.75, 3.05) is 11.9 Å². The van der Waals surface area contributed by atoms with Crippen LogP contribution >= 0.6 is 34.3 Å². The van der Waals surface area contributed by atoms with Crippen LogP contribution < -0.4 is 10.1 Å². The van der Waals surface area contributed by atoms with Crippen LogP contribution in [0.1, 0.15) is 0 Å². The Morgan fingerprint density at radius 3 is 2.95 bits per heavy atom. The minimum atomic E-state index is -0.257. The second kappa shape index (κ2) is 6.91. The Balaban J connectivity index is 1.56. The number of thiophene rings is 1. The van der Waals surface area contributed by atoms with E-state index in [2.05, 4.69) is 10.3 Å². The molecule has 1 N–H and O–H groups in total. The molecule has 2 aromatic heterocycles. The summed E-state index contributed by atoms with van der Waals surface area (Å²) in [6.45, 7) is -0.0890. The third-order valence-electron chi connectivity index (χ3n) is 2.69. The molecule has 2 heterocycles. The summed E-state index contributed by atoms with van der Waals surface area (Å²) < 4.78 is 5.38. The van der Waals surface area contributed by atoms with Crippen molar-refractivity contribution in [2.45, 2.75) is 0 Å². The SMILES string of the molecule is O=C(COc1cccc(Cl)c1)Nc1nc(-c2cccs2)cs1. The highest BCUT2D eigenvalue weighted by molar-refractivity contribution is 7.16. The van der Waals surface area contributed by atoms with Gasteiger partial charge in [0.25, 0.3) is 5.91 Å². The average Bonchev–Trinajstić information content (AvgIpc) is 3.16. The third kappa shape index (κ3) is 3.85. The van der Waals surface area contributed by atoms with E-state index in [9.17, 15) is 4.79 Å². The normalized spacial score (nSPS) is 10.4. The highest BCUT2D eigenvalue weighted by Crippen LogP contribution is 2.28. The van der Waals surface area contributed by atoms with Gasteiger partial charge in [0.05, 0.1) is 10.6 Å². The Morgan fingerprint density at radius 1 is 1.27 bits per heavy atom. The highest BCUT2D eigenvalue weighted by atomic mass is 35.5. The van der Waals surface area contributed by atoms with Crippen LogP contribution in [-0.2, 0) is 4.79 Å². The van der Waals surface area contributed by atoms with Crippen LogP contribution in [0.15, 0.2) is 47.2 Å². The van der Waals surface area contributed by atoms with Gasteiger partial charge in [-0.25, -0.2) is 4.98 Å². The number of carbonyl (C=O) groups is 1. The van der Waals surface area contributed by atoms with Crippen molar-refractivity contribution < 1.29 is 9.53 Å². The van der Waals surface area contributed by atoms with E-state index in [0.29, 0.717) is 15.9 Å². The van der Waals surface area contributed by atoms with Crippen LogP contribution in [0.3, 0.4) is 0 Å². The van der Waals surface area contributed by atoms with Crippen molar-refractivity contribution in [3.05, 3.63) is 52.2 Å². The first kappa shape index (κ1) is 15.0. The zero-order valence-corrected chi connectivity index (χ0v) is 13.7. The van der Waals surface area contributed by atoms with Crippen molar-refractivity contribution in [1.82, 2.24) is 4.98 Å². The molecule has 4 nitrogen and oxygen atoms in total. The fraction of sp³-hybridized carbons (Fsp3) is 0.0667. The zero-order valence-electron chi connectivity index (χ0n) is 11.3. The molecule has 7 heteroatoms. The number of nitrogens with one attached hydrogen (secondary N) is 1. The summed E-state index contributed by atoms with van der Waals surface area (Å²) in [6, 6.07) is 10.9. The molecule has 3 aromatic rings. The van der Waals surface area contributed by atoms with Gasteiger partial charge in [-0.15, -0.1) is 22.7 Å². The number of aromatic nitrogens is 1. The molecular weight excluding hydrogens is 340 g/mol. The summed E-state index contributed by atoms with van der Waals surface area (Å²) in [4.78, 5) is 17.3. The lowest BCUT2D eigenvalue weighted by Gasteiger charge is -2.05. The lowest BCUT2D eigenvalue weighted by atomic mass is 10.3. The number of nitrogens with zero attached hydrogens (tertiary/aromatic N) is 1. The van der Waals surface area contributed by atoms with Crippen LogP contribution in [0.2, 0.25) is 5.02 Å². The summed E-state index contributed by atoms with van der Waals surface area (Å²) in [5.41, 5.74) is 0.867. The molecule has 0 unspecified atom stereocenters. The molecule has 0 saturated carbocycles. The van der Waals surface area contributed by atoms with E-state index in [-0.39, 0.29) is 12.5 Å². The Morgan fingerprint density at radius 2 is 2.18 bits per heavy atom. The molecule has 22 heavy (non-hydrogen) atoms. The number of benzene rings is 1. The first-order chi connectivity index (χ1) is 10.7. The maximum atomic E-state index is 11.9. The lowest BCUT2D eigenvalue weighted by Crippen LogP contribution is -2.20. The quantitative estimate of drug-likeness (QED) is 0.734. The van der Waals surface area contributed by atoms with Crippen LogP contribution in [0.4, 0.5) is 5.13 Å². The molecule has 1 amide bonds. The van der Waals surface area contributed by atoms with E-state index in [4.69, 9.17) is 16.3 Å². The summed E-state index contributed by atoms with van der Waals surface area (Å²) in [6.07, 6.45) is 0. The number of hydrogen-bond acceptors (Lipinski definition) is 5. The largest absolute Gasteiger partial charge is 0.484 e. The Bertz CT molecular complexity index is 771. The van der Waals surface area contributed by atoms with Crippen molar-refractivity contribution in [1.29, 1.82) is 0 Å². The van der Waals surface area contributed by atoms with Gasteiger partial charge in [-0.05, 0) is 29.6 Å². The molecule has 0 bridgehead atoms. The number of thiazole rings is 1. The van der Waals surface area contributed by atoms with Gasteiger partial charge >= 0.3 is 0 Å². The molecular formula is C15H11ClN2O2S2. The van der Waals surface area contributed by atoms with E-state index in [1.807, 2.05) is 22.9 Å². The predicted molar refractivity (Wildman–Crippen MR) is 91.0 cm³/mol. The average molecular weight is 351 g/mol. The van der Waals surface area contributed by atoms with Crippen LogP contribution in [0.25, 0.3) is 10.6 Å². The van der Waals surface area contributed by atoms with Crippen molar-refractivity contribution in [3.63, 3.8) is 0 Å². The Labute approximate surface area is 140 Å². The van der Waals surface area contributed by atoms with E-state index < -0.39 is 0 Å². The van der Waals surface area contributed by atoms with Gasteiger partial charge in [0.15, 0.2) is 11.7 Å². The fourth-order valence-electron chi connectivity index (χ4n) is 1.73. The number of amides is 1. The molecule has 0 aliphatic carbocycles. The number of hydrogen-bond donors (Lipinski definition) is 1. The smallest absolute Gasteiger partial charge is 0.264 e. The summed E-state index contributed by atoms with van der Waals surface area (Å²) >= 11 is 8.85. The molecule has 1 aromatic carbocycles. The minimum absolute atomic E-state index is 0.0890. The number of carbonyl (C=O) groups excluding carboxylic acids is 1. The molecule has 0 aliphatic rings.